The van der Waals surface area contributed by atoms with E-state index in [1.165, 1.54) is 5.01 Å². The summed E-state index contributed by atoms with van der Waals surface area (Å²) in [6.07, 6.45) is 1.32. The van der Waals surface area contributed by atoms with Crippen molar-refractivity contribution in [1.29, 1.82) is 0 Å². The number of benzene rings is 4. The number of fused-ring (bicyclic) bond motifs is 1. The quantitative estimate of drug-likeness (QED) is 0.323. The monoisotopic (exact) mass is 468 g/mol. The van der Waals surface area contributed by atoms with Gasteiger partial charge in [-0.25, -0.2) is 5.01 Å². The third-order valence-corrected chi connectivity index (χ3v) is 6.11. The van der Waals surface area contributed by atoms with Gasteiger partial charge in [-0.3, -0.25) is 9.59 Å². The number of halogens is 1. The maximum absolute atomic E-state index is 13.2. The lowest BCUT2D eigenvalue weighted by molar-refractivity contribution is -0.135. The van der Waals surface area contributed by atoms with Crippen LogP contribution in [0.1, 0.15) is 33.9 Å². The van der Waals surface area contributed by atoms with Gasteiger partial charge in [0.2, 0.25) is 0 Å². The van der Waals surface area contributed by atoms with Gasteiger partial charge in [-0.1, -0.05) is 72.3 Å². The zero-order chi connectivity index (χ0) is 23.5. The Morgan fingerprint density at radius 1 is 0.971 bits per heavy atom. The van der Waals surface area contributed by atoms with Crippen molar-refractivity contribution in [2.24, 2.45) is 5.10 Å². The molecule has 34 heavy (non-hydrogen) atoms. The molecule has 1 heterocycles. The molecule has 0 fully saturated rings. The second-order valence-electron chi connectivity index (χ2n) is 8.10. The Bertz CT molecular complexity index is 1400. The second kappa shape index (κ2) is 9.49. The van der Waals surface area contributed by atoms with Crippen molar-refractivity contribution < 1.29 is 14.3 Å². The number of aldehydes is 1. The smallest absolute Gasteiger partial charge is 0.281 e. The van der Waals surface area contributed by atoms with Crippen LogP contribution in [0.3, 0.4) is 0 Å². The standard InChI is InChI=1S/C28H21ClN2O3/c29-24-12-10-21(11-13-24)27-16-26(23-9-8-20-5-1-2-6-22(20)15-23)30-31(27)28(33)18-34-25-7-3-4-19(14-25)17-32/h1-15,17,27H,16,18H2. The summed E-state index contributed by atoms with van der Waals surface area (Å²) in [5, 5.41) is 9.12. The van der Waals surface area contributed by atoms with E-state index < -0.39 is 0 Å². The van der Waals surface area contributed by atoms with Crippen molar-refractivity contribution in [1.82, 2.24) is 5.01 Å². The minimum atomic E-state index is -0.271. The molecule has 4 aromatic rings. The van der Waals surface area contributed by atoms with Crippen LogP contribution < -0.4 is 4.74 Å². The van der Waals surface area contributed by atoms with Gasteiger partial charge in [0, 0.05) is 17.0 Å². The van der Waals surface area contributed by atoms with Gasteiger partial charge >= 0.3 is 0 Å². The lowest BCUT2D eigenvalue weighted by Gasteiger charge is -2.22. The fourth-order valence-electron chi connectivity index (χ4n) is 4.12. The third kappa shape index (κ3) is 4.56. The topological polar surface area (TPSA) is 59.0 Å². The first-order chi connectivity index (χ1) is 16.6. The summed E-state index contributed by atoms with van der Waals surface area (Å²) in [4.78, 5) is 24.2. The van der Waals surface area contributed by atoms with Gasteiger partial charge in [-0.2, -0.15) is 5.10 Å². The van der Waals surface area contributed by atoms with E-state index in [0.29, 0.717) is 22.8 Å². The molecule has 0 saturated heterocycles. The molecule has 0 saturated carbocycles. The largest absolute Gasteiger partial charge is 0.484 e. The molecular weight excluding hydrogens is 448 g/mol. The third-order valence-electron chi connectivity index (χ3n) is 5.86. The fraction of sp³-hybridized carbons (Fsp3) is 0.107. The SMILES string of the molecule is O=Cc1cccc(OCC(=O)N2N=C(c3ccc4ccccc4c3)CC2c2ccc(Cl)cc2)c1. The van der Waals surface area contributed by atoms with E-state index in [-0.39, 0.29) is 18.6 Å². The summed E-state index contributed by atoms with van der Waals surface area (Å²) in [6.45, 7) is -0.194. The maximum atomic E-state index is 13.2. The van der Waals surface area contributed by atoms with E-state index in [0.717, 1.165) is 33.9 Å². The van der Waals surface area contributed by atoms with Crippen LogP contribution in [0, 0.1) is 0 Å². The van der Waals surface area contributed by atoms with Crippen molar-refractivity contribution >= 4 is 40.3 Å². The summed E-state index contributed by atoms with van der Waals surface area (Å²) in [6, 6.07) is 28.3. The molecule has 1 unspecified atom stereocenters. The number of carbonyl (C=O) groups is 2. The molecule has 0 bridgehead atoms. The van der Waals surface area contributed by atoms with Crippen LogP contribution in [0.25, 0.3) is 10.8 Å². The van der Waals surface area contributed by atoms with Crippen LogP contribution in [-0.4, -0.2) is 29.5 Å². The Labute approximate surface area is 202 Å². The Morgan fingerprint density at radius 3 is 2.56 bits per heavy atom. The minimum absolute atomic E-state index is 0.194. The fourth-order valence-corrected chi connectivity index (χ4v) is 4.24. The van der Waals surface area contributed by atoms with Crippen LogP contribution in [0.2, 0.25) is 5.02 Å². The summed E-state index contributed by atoms with van der Waals surface area (Å²) >= 11 is 6.09. The molecule has 1 aliphatic rings. The first-order valence-corrected chi connectivity index (χ1v) is 11.3. The van der Waals surface area contributed by atoms with E-state index in [1.54, 1.807) is 24.3 Å². The summed E-state index contributed by atoms with van der Waals surface area (Å²) < 4.78 is 5.68. The molecule has 1 amide bonds. The van der Waals surface area contributed by atoms with Crippen LogP contribution >= 0.6 is 11.6 Å². The number of nitrogens with zero attached hydrogens (tertiary/aromatic N) is 2. The molecule has 0 aromatic heterocycles. The first kappa shape index (κ1) is 21.9. The molecule has 1 aliphatic heterocycles. The highest BCUT2D eigenvalue weighted by molar-refractivity contribution is 6.30. The van der Waals surface area contributed by atoms with Crippen LogP contribution in [0.4, 0.5) is 0 Å². The highest BCUT2D eigenvalue weighted by Crippen LogP contribution is 2.34. The molecule has 0 radical (unpaired) electrons. The normalized spacial score (nSPS) is 15.3. The summed E-state index contributed by atoms with van der Waals surface area (Å²) in [7, 11) is 0. The Balaban J connectivity index is 1.43. The van der Waals surface area contributed by atoms with Gasteiger partial charge in [-0.05, 0) is 52.2 Å². The maximum Gasteiger partial charge on any atom is 0.281 e. The highest BCUT2D eigenvalue weighted by Gasteiger charge is 2.33. The first-order valence-electron chi connectivity index (χ1n) is 10.9. The van der Waals surface area contributed by atoms with Crippen molar-refractivity contribution in [2.75, 3.05) is 6.61 Å². The predicted octanol–water partition coefficient (Wildman–Crippen LogP) is 6.06. The predicted molar refractivity (Wildman–Crippen MR) is 133 cm³/mol. The highest BCUT2D eigenvalue weighted by atomic mass is 35.5. The summed E-state index contributed by atoms with van der Waals surface area (Å²) in [5.41, 5.74) is 3.25. The van der Waals surface area contributed by atoms with Crippen molar-refractivity contribution in [3.05, 3.63) is 113 Å². The van der Waals surface area contributed by atoms with E-state index in [9.17, 15) is 9.59 Å². The number of hydrazone groups is 1. The molecule has 1 atom stereocenters. The zero-order valence-electron chi connectivity index (χ0n) is 18.2. The Morgan fingerprint density at radius 2 is 1.76 bits per heavy atom. The molecule has 0 N–H and O–H groups in total. The Kier molecular flexibility index (Phi) is 6.11. The minimum Gasteiger partial charge on any atom is -0.484 e. The molecule has 0 aliphatic carbocycles. The molecule has 4 aromatic carbocycles. The van der Waals surface area contributed by atoms with Gasteiger partial charge in [0.15, 0.2) is 6.61 Å². The van der Waals surface area contributed by atoms with Gasteiger partial charge in [0.05, 0.1) is 11.8 Å². The Hall–Kier alpha value is -3.96. The van der Waals surface area contributed by atoms with Crippen LogP contribution in [0.15, 0.2) is 96.1 Å². The van der Waals surface area contributed by atoms with Gasteiger partial charge in [-0.15, -0.1) is 0 Å². The molecule has 0 spiro atoms. The molecular formula is C28H21ClN2O3. The average Bonchev–Trinajstić information content (AvgIpc) is 3.33. The van der Waals surface area contributed by atoms with Gasteiger partial charge in [0.1, 0.15) is 12.0 Å². The lowest BCUT2D eigenvalue weighted by atomic mass is 9.97. The number of ether oxygens (including phenoxy) is 1. The van der Waals surface area contributed by atoms with Crippen LogP contribution in [-0.2, 0) is 4.79 Å². The lowest BCUT2D eigenvalue weighted by Crippen LogP contribution is -2.31. The van der Waals surface area contributed by atoms with E-state index in [1.807, 2.05) is 42.5 Å². The van der Waals surface area contributed by atoms with E-state index in [2.05, 4.69) is 24.3 Å². The molecule has 168 valence electrons. The van der Waals surface area contributed by atoms with E-state index in [4.69, 9.17) is 21.4 Å². The zero-order valence-corrected chi connectivity index (χ0v) is 19.0. The van der Waals surface area contributed by atoms with Gasteiger partial charge < -0.3 is 4.74 Å². The van der Waals surface area contributed by atoms with E-state index >= 15 is 0 Å². The number of hydrogen-bond acceptors (Lipinski definition) is 4. The van der Waals surface area contributed by atoms with Gasteiger partial charge in [0.25, 0.3) is 5.91 Å². The molecule has 6 heteroatoms. The average molecular weight is 469 g/mol. The summed E-state index contributed by atoms with van der Waals surface area (Å²) in [5.74, 6) is 0.186. The number of carbonyl (C=O) groups excluding carboxylic acids is 2. The van der Waals surface area contributed by atoms with Crippen molar-refractivity contribution in [3.8, 4) is 5.75 Å². The molecule has 5 rings (SSSR count). The second-order valence-corrected chi connectivity index (χ2v) is 8.53. The number of hydrogen-bond donors (Lipinski definition) is 0. The number of amides is 1. The van der Waals surface area contributed by atoms with Crippen molar-refractivity contribution in [3.63, 3.8) is 0 Å². The number of rotatable bonds is 6. The van der Waals surface area contributed by atoms with Crippen molar-refractivity contribution in [2.45, 2.75) is 12.5 Å². The van der Waals surface area contributed by atoms with Crippen LogP contribution in [0.5, 0.6) is 5.75 Å². The molecule has 5 nitrogen and oxygen atoms in total.